The van der Waals surface area contributed by atoms with Gasteiger partial charge in [-0.2, -0.15) is 5.10 Å². The molecule has 0 fully saturated rings. The van der Waals surface area contributed by atoms with Crippen molar-refractivity contribution in [2.75, 3.05) is 7.11 Å². The van der Waals surface area contributed by atoms with Gasteiger partial charge in [-0.1, -0.05) is 0 Å². The van der Waals surface area contributed by atoms with E-state index in [1.807, 2.05) is 0 Å². The predicted molar refractivity (Wildman–Crippen MR) is 83.9 cm³/mol. The molecule has 0 saturated carbocycles. The molecule has 108 valence electrons. The third-order valence-electron chi connectivity index (χ3n) is 2.69. The van der Waals surface area contributed by atoms with Crippen LogP contribution in [0.25, 0.3) is 0 Å². The lowest BCUT2D eigenvalue weighted by atomic mass is 10.2. The molecule has 0 aliphatic rings. The fourth-order valence-electron chi connectivity index (χ4n) is 1.60. The molecular weight excluding hydrogens is 336 g/mol. The highest BCUT2D eigenvalue weighted by Crippen LogP contribution is 2.25. The molecule has 2 aromatic rings. The van der Waals surface area contributed by atoms with Crippen molar-refractivity contribution in [3.8, 4) is 11.5 Å². The summed E-state index contributed by atoms with van der Waals surface area (Å²) in [7, 11) is 1.56. The molecule has 2 aromatic carbocycles. The molecule has 2 N–H and O–H groups in total. The van der Waals surface area contributed by atoms with Crippen LogP contribution in [0, 0.1) is 0 Å². The summed E-state index contributed by atoms with van der Waals surface area (Å²) in [5.41, 5.74) is 3.66. The van der Waals surface area contributed by atoms with Crippen LogP contribution in [-0.4, -0.2) is 24.3 Å². The average Bonchev–Trinajstić information content (AvgIpc) is 2.49. The molecule has 0 radical (unpaired) electrons. The van der Waals surface area contributed by atoms with Crippen LogP contribution in [0.4, 0.5) is 0 Å². The van der Waals surface area contributed by atoms with Gasteiger partial charge in [-0.25, -0.2) is 5.43 Å². The predicted octanol–water partition coefficient (Wildman–Crippen LogP) is 2.93. The lowest BCUT2D eigenvalue weighted by molar-refractivity contribution is 0.0955. The number of carbonyl (C=O) groups is 1. The molecule has 0 unspecified atom stereocenters. The number of ether oxygens (including phenoxy) is 1. The maximum Gasteiger partial charge on any atom is 0.271 e. The molecule has 2 rings (SSSR count). The van der Waals surface area contributed by atoms with Gasteiger partial charge in [0.25, 0.3) is 5.91 Å². The molecule has 5 nitrogen and oxygen atoms in total. The highest BCUT2D eigenvalue weighted by molar-refractivity contribution is 9.10. The van der Waals surface area contributed by atoms with Crippen LogP contribution in [0.2, 0.25) is 0 Å². The minimum absolute atomic E-state index is 0.180. The van der Waals surface area contributed by atoms with Crippen molar-refractivity contribution in [1.29, 1.82) is 0 Å². The van der Waals surface area contributed by atoms with Crippen LogP contribution >= 0.6 is 15.9 Å². The summed E-state index contributed by atoms with van der Waals surface area (Å²) in [4.78, 5) is 11.9. The number of rotatable bonds is 4. The lowest BCUT2D eigenvalue weighted by Gasteiger charge is -2.05. The first-order valence-electron chi connectivity index (χ1n) is 6.06. The van der Waals surface area contributed by atoms with Gasteiger partial charge >= 0.3 is 0 Å². The normalized spacial score (nSPS) is 10.6. The van der Waals surface area contributed by atoms with Crippen molar-refractivity contribution in [1.82, 2.24) is 5.43 Å². The molecule has 0 spiro atoms. The van der Waals surface area contributed by atoms with Gasteiger partial charge in [0.05, 0.1) is 17.8 Å². The number of benzene rings is 2. The van der Waals surface area contributed by atoms with Gasteiger partial charge in [-0.05, 0) is 64.0 Å². The Bertz CT molecular complexity index is 669. The van der Waals surface area contributed by atoms with E-state index >= 15 is 0 Å². The Hall–Kier alpha value is -2.34. The number of methoxy groups -OCH3 is 1. The molecule has 0 aromatic heterocycles. The van der Waals surface area contributed by atoms with Gasteiger partial charge in [0, 0.05) is 5.56 Å². The number of hydrazone groups is 1. The van der Waals surface area contributed by atoms with E-state index in [0.29, 0.717) is 15.8 Å². The van der Waals surface area contributed by atoms with E-state index in [-0.39, 0.29) is 11.7 Å². The molecule has 6 heteroatoms. The zero-order chi connectivity index (χ0) is 15.2. The molecular formula is C15H13BrN2O3. The molecule has 0 heterocycles. The Morgan fingerprint density at radius 3 is 2.62 bits per heavy atom. The Kier molecular flexibility index (Phi) is 4.94. The minimum atomic E-state index is -0.326. The van der Waals surface area contributed by atoms with E-state index in [1.54, 1.807) is 49.6 Å². The average molecular weight is 349 g/mol. The minimum Gasteiger partial charge on any atom is -0.508 e. The van der Waals surface area contributed by atoms with Crippen LogP contribution in [0.3, 0.4) is 0 Å². The van der Waals surface area contributed by atoms with Gasteiger partial charge in [-0.15, -0.1) is 0 Å². The van der Waals surface area contributed by atoms with Crippen molar-refractivity contribution in [2.45, 2.75) is 0 Å². The number of amides is 1. The molecule has 0 aliphatic carbocycles. The van der Waals surface area contributed by atoms with Crippen molar-refractivity contribution in [3.63, 3.8) is 0 Å². The summed E-state index contributed by atoms with van der Waals surface area (Å²) in [5, 5.41) is 13.0. The third-order valence-corrected chi connectivity index (χ3v) is 3.31. The standard InChI is InChI=1S/C15H13BrN2O3/c1-21-14-7-4-11(8-13(14)16)15(20)18-17-9-10-2-5-12(19)6-3-10/h2-9,19H,1H3,(H,18,20)/b17-9+. The highest BCUT2D eigenvalue weighted by atomic mass is 79.9. The smallest absolute Gasteiger partial charge is 0.271 e. The lowest BCUT2D eigenvalue weighted by Crippen LogP contribution is -2.17. The molecule has 0 atom stereocenters. The number of phenolic OH excluding ortho intramolecular Hbond substituents is 1. The van der Waals surface area contributed by atoms with E-state index in [4.69, 9.17) is 9.84 Å². The largest absolute Gasteiger partial charge is 0.508 e. The van der Waals surface area contributed by atoms with Crippen molar-refractivity contribution in [3.05, 3.63) is 58.1 Å². The second-order valence-electron chi connectivity index (χ2n) is 4.14. The van der Waals surface area contributed by atoms with Crippen LogP contribution in [-0.2, 0) is 0 Å². The van der Waals surface area contributed by atoms with E-state index in [1.165, 1.54) is 6.21 Å². The molecule has 0 bridgehead atoms. The first-order valence-corrected chi connectivity index (χ1v) is 6.85. The van der Waals surface area contributed by atoms with Gasteiger partial charge in [0.15, 0.2) is 0 Å². The number of phenols is 1. The van der Waals surface area contributed by atoms with E-state index in [9.17, 15) is 4.79 Å². The zero-order valence-corrected chi connectivity index (χ0v) is 12.8. The first-order chi connectivity index (χ1) is 10.1. The summed E-state index contributed by atoms with van der Waals surface area (Å²) in [6.45, 7) is 0. The van der Waals surface area contributed by atoms with Crippen molar-refractivity contribution >= 4 is 28.1 Å². The number of aromatic hydroxyl groups is 1. The second kappa shape index (κ2) is 6.90. The Balaban J connectivity index is 2.01. The fraction of sp³-hybridized carbons (Fsp3) is 0.0667. The van der Waals surface area contributed by atoms with Crippen molar-refractivity contribution in [2.24, 2.45) is 5.10 Å². The summed E-state index contributed by atoms with van der Waals surface area (Å²) in [6, 6.07) is 11.5. The quantitative estimate of drug-likeness (QED) is 0.659. The van der Waals surface area contributed by atoms with Crippen LogP contribution in [0.5, 0.6) is 11.5 Å². The number of halogens is 1. The van der Waals surface area contributed by atoms with Gasteiger partial charge < -0.3 is 9.84 Å². The number of hydrogen-bond donors (Lipinski definition) is 2. The van der Waals surface area contributed by atoms with Crippen molar-refractivity contribution < 1.29 is 14.6 Å². The monoisotopic (exact) mass is 348 g/mol. The Morgan fingerprint density at radius 2 is 2.00 bits per heavy atom. The van der Waals surface area contributed by atoms with Crippen LogP contribution in [0.15, 0.2) is 52.0 Å². The van der Waals surface area contributed by atoms with E-state index < -0.39 is 0 Å². The summed E-state index contributed by atoms with van der Waals surface area (Å²) in [6.07, 6.45) is 1.50. The van der Waals surface area contributed by atoms with Gasteiger partial charge in [-0.3, -0.25) is 4.79 Å². The number of carbonyl (C=O) groups excluding carboxylic acids is 1. The molecule has 21 heavy (non-hydrogen) atoms. The van der Waals surface area contributed by atoms with E-state index in [2.05, 4.69) is 26.5 Å². The number of nitrogens with one attached hydrogen (secondary N) is 1. The number of hydrogen-bond acceptors (Lipinski definition) is 4. The fourth-order valence-corrected chi connectivity index (χ4v) is 2.14. The van der Waals surface area contributed by atoms with Gasteiger partial charge in [0.1, 0.15) is 11.5 Å². The topological polar surface area (TPSA) is 70.9 Å². The Morgan fingerprint density at radius 1 is 1.29 bits per heavy atom. The van der Waals surface area contributed by atoms with Gasteiger partial charge in [0.2, 0.25) is 0 Å². The first kappa shape index (κ1) is 15.1. The van der Waals surface area contributed by atoms with E-state index in [0.717, 1.165) is 5.56 Å². The summed E-state index contributed by atoms with van der Waals surface area (Å²) in [5.74, 6) is 0.506. The SMILES string of the molecule is COc1ccc(C(=O)N/N=C/c2ccc(O)cc2)cc1Br. The molecule has 0 saturated heterocycles. The molecule has 1 amide bonds. The Labute approximate surface area is 130 Å². The maximum atomic E-state index is 11.9. The summed E-state index contributed by atoms with van der Waals surface area (Å²) >= 11 is 3.32. The van der Waals surface area contributed by atoms with Crippen LogP contribution < -0.4 is 10.2 Å². The maximum absolute atomic E-state index is 11.9. The molecule has 0 aliphatic heterocycles. The number of nitrogens with zero attached hydrogens (tertiary/aromatic N) is 1. The highest BCUT2D eigenvalue weighted by Gasteiger charge is 2.07. The summed E-state index contributed by atoms with van der Waals surface area (Å²) < 4.78 is 5.79. The third kappa shape index (κ3) is 4.06. The van der Waals surface area contributed by atoms with Crippen LogP contribution in [0.1, 0.15) is 15.9 Å². The second-order valence-corrected chi connectivity index (χ2v) is 4.99. The zero-order valence-electron chi connectivity index (χ0n) is 11.2.